The van der Waals surface area contributed by atoms with E-state index in [4.69, 9.17) is 9.40 Å². The van der Waals surface area contributed by atoms with Crippen molar-refractivity contribution in [2.75, 3.05) is 31.1 Å². The first-order chi connectivity index (χ1) is 19.1. The number of hydrogen-bond donors (Lipinski definition) is 1. The standard InChI is InChI=1S/C28H26N8O2S/c1-18-6-4-7-19-16-21(27(37)30-24(18)19)25(26-31-32-33-36(26)17-20-8-5-15-38-20)34-11-13-35(14-12-34)28-29-22-9-2-3-10-23(22)39-28/h2-10,15-16,25H,11-14,17H2,1H3,(H,30,37)/t25-/m1/s1. The molecule has 10 nitrogen and oxygen atoms in total. The molecule has 1 atom stereocenters. The number of anilines is 1. The van der Waals surface area contributed by atoms with Crippen molar-refractivity contribution in [1.82, 2.24) is 35.1 Å². The molecule has 196 valence electrons. The number of H-pyrrole nitrogens is 1. The highest BCUT2D eigenvalue weighted by Gasteiger charge is 2.33. The summed E-state index contributed by atoms with van der Waals surface area (Å²) < 4.78 is 8.47. The van der Waals surface area contributed by atoms with Gasteiger partial charge < -0.3 is 14.3 Å². The van der Waals surface area contributed by atoms with Gasteiger partial charge in [0.2, 0.25) is 0 Å². The lowest BCUT2D eigenvalue weighted by atomic mass is 10.0. The monoisotopic (exact) mass is 538 g/mol. The molecule has 1 fully saturated rings. The zero-order chi connectivity index (χ0) is 26.3. The van der Waals surface area contributed by atoms with Crippen LogP contribution in [0.4, 0.5) is 5.13 Å². The number of benzene rings is 2. The van der Waals surface area contributed by atoms with E-state index in [0.717, 1.165) is 59.1 Å². The van der Waals surface area contributed by atoms with Crippen LogP contribution in [0.25, 0.3) is 21.1 Å². The topological polar surface area (TPSA) is 109 Å². The first-order valence-corrected chi connectivity index (χ1v) is 13.7. The molecule has 6 aromatic rings. The van der Waals surface area contributed by atoms with Crippen LogP contribution in [0.3, 0.4) is 0 Å². The number of nitrogens with one attached hydrogen (secondary N) is 1. The third-order valence-corrected chi connectivity index (χ3v) is 8.43. The lowest BCUT2D eigenvalue weighted by molar-refractivity contribution is 0.200. The highest BCUT2D eigenvalue weighted by molar-refractivity contribution is 7.22. The van der Waals surface area contributed by atoms with E-state index in [1.807, 2.05) is 61.5 Å². The number of aromatic nitrogens is 6. The molecule has 7 rings (SSSR count). The van der Waals surface area contributed by atoms with Crippen molar-refractivity contribution in [1.29, 1.82) is 0 Å². The predicted molar refractivity (Wildman–Crippen MR) is 150 cm³/mol. The van der Waals surface area contributed by atoms with Crippen LogP contribution < -0.4 is 10.5 Å². The Bertz CT molecular complexity index is 1780. The van der Waals surface area contributed by atoms with Crippen molar-refractivity contribution < 1.29 is 4.42 Å². The maximum Gasteiger partial charge on any atom is 0.253 e. The number of rotatable bonds is 6. The third-order valence-electron chi connectivity index (χ3n) is 7.33. The van der Waals surface area contributed by atoms with Crippen LogP contribution >= 0.6 is 11.3 Å². The first-order valence-electron chi connectivity index (χ1n) is 12.9. The Labute approximate surface area is 227 Å². The predicted octanol–water partition coefficient (Wildman–Crippen LogP) is 3.99. The molecule has 11 heteroatoms. The fourth-order valence-electron chi connectivity index (χ4n) is 5.34. The fraction of sp³-hybridized carbons (Fsp3) is 0.250. The minimum atomic E-state index is -0.429. The van der Waals surface area contributed by atoms with Crippen LogP contribution in [0.5, 0.6) is 0 Å². The summed E-state index contributed by atoms with van der Waals surface area (Å²) in [7, 11) is 0. The number of nitrogens with zero attached hydrogens (tertiary/aromatic N) is 7. The maximum atomic E-state index is 13.6. The molecule has 1 N–H and O–H groups in total. The Morgan fingerprint density at radius 2 is 1.92 bits per heavy atom. The lowest BCUT2D eigenvalue weighted by Gasteiger charge is -2.38. The first kappa shape index (κ1) is 23.7. The van der Waals surface area contributed by atoms with Gasteiger partial charge in [0.1, 0.15) is 18.3 Å². The van der Waals surface area contributed by atoms with Crippen molar-refractivity contribution in [3.8, 4) is 0 Å². The number of aromatic amines is 1. The summed E-state index contributed by atoms with van der Waals surface area (Å²) in [4.78, 5) is 26.2. The number of furan rings is 1. The second-order valence-electron chi connectivity index (χ2n) is 9.76. The Morgan fingerprint density at radius 3 is 2.74 bits per heavy atom. The van der Waals surface area contributed by atoms with Crippen LogP contribution in [-0.2, 0) is 6.54 Å². The molecule has 5 heterocycles. The summed E-state index contributed by atoms with van der Waals surface area (Å²) in [6, 6.07) is 19.5. The van der Waals surface area contributed by atoms with Crippen molar-refractivity contribution >= 4 is 37.6 Å². The number of fused-ring (bicyclic) bond motifs is 2. The lowest BCUT2D eigenvalue weighted by Crippen LogP contribution is -2.49. The van der Waals surface area contributed by atoms with Gasteiger partial charge in [-0.15, -0.1) is 5.10 Å². The van der Waals surface area contributed by atoms with Gasteiger partial charge in [-0.05, 0) is 58.6 Å². The molecule has 4 aromatic heterocycles. The van der Waals surface area contributed by atoms with Gasteiger partial charge in [-0.25, -0.2) is 9.67 Å². The van der Waals surface area contributed by atoms with Gasteiger partial charge in [-0.1, -0.05) is 41.7 Å². The summed E-state index contributed by atoms with van der Waals surface area (Å²) >= 11 is 1.71. The normalized spacial score (nSPS) is 15.4. The number of para-hydroxylation sites is 2. The largest absolute Gasteiger partial charge is 0.467 e. The average molecular weight is 539 g/mol. The smallest absolute Gasteiger partial charge is 0.253 e. The molecule has 0 spiro atoms. The van der Waals surface area contributed by atoms with Crippen LogP contribution in [0.1, 0.15) is 28.8 Å². The maximum absolute atomic E-state index is 13.6. The number of pyridine rings is 1. The van der Waals surface area contributed by atoms with Crippen molar-refractivity contribution in [2.24, 2.45) is 0 Å². The van der Waals surface area contributed by atoms with Crippen LogP contribution in [0.2, 0.25) is 0 Å². The summed E-state index contributed by atoms with van der Waals surface area (Å²) in [5, 5.41) is 14.7. The molecule has 1 saturated heterocycles. The Hall–Kier alpha value is -4.35. The summed E-state index contributed by atoms with van der Waals surface area (Å²) in [6.07, 6.45) is 1.63. The summed E-state index contributed by atoms with van der Waals surface area (Å²) in [6.45, 7) is 5.38. The summed E-state index contributed by atoms with van der Waals surface area (Å²) in [5.74, 6) is 1.35. The van der Waals surface area contributed by atoms with Crippen LogP contribution in [-0.4, -0.2) is 61.3 Å². The Balaban J connectivity index is 1.25. The van der Waals surface area contributed by atoms with Gasteiger partial charge in [0.25, 0.3) is 5.56 Å². The van der Waals surface area contributed by atoms with E-state index in [1.54, 1.807) is 22.3 Å². The van der Waals surface area contributed by atoms with E-state index < -0.39 is 6.04 Å². The zero-order valence-electron chi connectivity index (χ0n) is 21.3. The molecule has 0 bridgehead atoms. The van der Waals surface area contributed by atoms with E-state index in [1.165, 1.54) is 4.70 Å². The van der Waals surface area contributed by atoms with E-state index in [9.17, 15) is 4.79 Å². The van der Waals surface area contributed by atoms with Crippen LogP contribution in [0.15, 0.2) is 76.1 Å². The van der Waals surface area contributed by atoms with Gasteiger partial charge in [0, 0.05) is 31.7 Å². The van der Waals surface area contributed by atoms with Gasteiger partial charge in [0.05, 0.1) is 22.0 Å². The number of hydrogen-bond acceptors (Lipinski definition) is 9. The van der Waals surface area contributed by atoms with Crippen molar-refractivity contribution in [3.63, 3.8) is 0 Å². The third kappa shape index (κ3) is 4.39. The van der Waals surface area contributed by atoms with Crippen molar-refractivity contribution in [2.45, 2.75) is 19.5 Å². The minimum absolute atomic E-state index is 0.136. The highest BCUT2D eigenvalue weighted by atomic mass is 32.1. The van der Waals surface area contributed by atoms with Gasteiger partial charge in [0.15, 0.2) is 11.0 Å². The minimum Gasteiger partial charge on any atom is -0.467 e. The highest BCUT2D eigenvalue weighted by Crippen LogP contribution is 2.32. The van der Waals surface area contributed by atoms with Crippen LogP contribution in [0, 0.1) is 6.92 Å². The SMILES string of the molecule is Cc1cccc2cc([C@H](c3nnnn3Cc3ccco3)N3CCN(c4nc5ccccc5s4)CC3)c(=O)[nH]c12. The molecular formula is C28H26N8O2S. The summed E-state index contributed by atoms with van der Waals surface area (Å²) in [5.41, 5.74) is 3.38. The van der Waals surface area contributed by atoms with E-state index in [-0.39, 0.29) is 5.56 Å². The number of piperazine rings is 1. The molecule has 1 aliphatic heterocycles. The van der Waals surface area contributed by atoms with Gasteiger partial charge in [-0.2, -0.15) is 0 Å². The zero-order valence-corrected chi connectivity index (χ0v) is 22.1. The molecule has 39 heavy (non-hydrogen) atoms. The molecule has 1 aliphatic rings. The van der Waals surface area contributed by atoms with Gasteiger partial charge in [-0.3, -0.25) is 9.69 Å². The molecule has 0 unspecified atom stereocenters. The quantitative estimate of drug-likeness (QED) is 0.339. The molecule has 0 saturated carbocycles. The number of thiazole rings is 1. The van der Waals surface area contributed by atoms with E-state index in [2.05, 4.69) is 36.4 Å². The average Bonchev–Trinajstić information content (AvgIpc) is 3.72. The molecule has 0 amide bonds. The number of aryl methyl sites for hydroxylation is 1. The molecule has 2 aromatic carbocycles. The number of tetrazole rings is 1. The fourth-order valence-corrected chi connectivity index (χ4v) is 6.36. The van der Waals surface area contributed by atoms with E-state index >= 15 is 0 Å². The molecular weight excluding hydrogens is 512 g/mol. The molecule has 0 radical (unpaired) electrons. The second kappa shape index (κ2) is 9.75. The second-order valence-corrected chi connectivity index (χ2v) is 10.8. The molecule has 0 aliphatic carbocycles. The van der Waals surface area contributed by atoms with Crippen molar-refractivity contribution in [3.05, 3.63) is 100.0 Å². The Morgan fingerprint density at radius 1 is 1.05 bits per heavy atom. The Kier molecular flexibility index (Phi) is 5.94. The van der Waals surface area contributed by atoms with Gasteiger partial charge >= 0.3 is 0 Å². The van der Waals surface area contributed by atoms with E-state index in [0.29, 0.717) is 17.9 Å².